The molecule has 1 aromatic carbocycles. The van der Waals surface area contributed by atoms with Crippen molar-refractivity contribution in [1.29, 1.82) is 0 Å². The molecule has 1 saturated heterocycles. The van der Waals surface area contributed by atoms with Gasteiger partial charge in [-0.15, -0.1) is 0 Å². The molecule has 32 heavy (non-hydrogen) atoms. The topological polar surface area (TPSA) is 135 Å². The molecule has 0 radical (unpaired) electrons. The van der Waals surface area contributed by atoms with Gasteiger partial charge in [-0.05, 0) is 56.0 Å². The van der Waals surface area contributed by atoms with Crippen molar-refractivity contribution in [3.8, 4) is 5.75 Å². The predicted octanol–water partition coefficient (Wildman–Crippen LogP) is 2.16. The van der Waals surface area contributed by atoms with Crippen molar-refractivity contribution in [2.75, 3.05) is 25.5 Å². The highest BCUT2D eigenvalue weighted by Crippen LogP contribution is 2.30. The monoisotopic (exact) mass is 483 g/mol. The van der Waals surface area contributed by atoms with E-state index in [1.54, 1.807) is 0 Å². The minimum atomic E-state index is -3.82. The first-order valence-corrected chi connectivity index (χ1v) is 13.2. The summed E-state index contributed by atoms with van der Waals surface area (Å²) in [5, 5.41) is 2.24. The van der Waals surface area contributed by atoms with Crippen LogP contribution in [0.3, 0.4) is 0 Å². The molecule has 1 amide bonds. The van der Waals surface area contributed by atoms with E-state index in [9.17, 15) is 21.6 Å². The van der Waals surface area contributed by atoms with Gasteiger partial charge >= 0.3 is 0 Å². The van der Waals surface area contributed by atoms with Gasteiger partial charge in [0, 0.05) is 19.1 Å². The lowest BCUT2D eigenvalue weighted by atomic mass is 10.2. The van der Waals surface area contributed by atoms with Crippen LogP contribution in [0.15, 0.2) is 44.7 Å². The summed E-state index contributed by atoms with van der Waals surface area (Å²) in [6, 6.07) is 6.56. The number of benzene rings is 1. The van der Waals surface area contributed by atoms with E-state index in [1.165, 1.54) is 41.7 Å². The smallest absolute Gasteiger partial charge is 0.291 e. The maximum atomic E-state index is 12.7. The van der Waals surface area contributed by atoms with Crippen LogP contribution in [0, 0.1) is 0 Å². The Labute approximate surface area is 187 Å². The van der Waals surface area contributed by atoms with E-state index in [0.717, 1.165) is 32.1 Å². The number of hydrogen-bond acceptors (Lipinski definition) is 7. The third-order valence-electron chi connectivity index (χ3n) is 5.34. The molecule has 2 fully saturated rings. The van der Waals surface area contributed by atoms with Gasteiger partial charge in [0.2, 0.25) is 15.1 Å². The Bertz CT molecular complexity index is 1210. The molecule has 2 heterocycles. The molecular weight excluding hydrogens is 458 g/mol. The first kappa shape index (κ1) is 22.8. The summed E-state index contributed by atoms with van der Waals surface area (Å²) in [6.45, 7) is 0.829. The van der Waals surface area contributed by atoms with Gasteiger partial charge in [0.15, 0.2) is 5.76 Å². The lowest BCUT2D eigenvalue weighted by molar-refractivity contribution is 0.0991. The number of carbonyl (C=O) groups is 1. The third kappa shape index (κ3) is 4.82. The minimum Gasteiger partial charge on any atom is -0.495 e. The van der Waals surface area contributed by atoms with Gasteiger partial charge in [-0.2, -0.15) is 4.31 Å². The fourth-order valence-electron chi connectivity index (χ4n) is 3.44. The van der Waals surface area contributed by atoms with E-state index in [-0.39, 0.29) is 33.2 Å². The van der Waals surface area contributed by atoms with E-state index in [1.807, 2.05) is 0 Å². The highest BCUT2D eigenvalue weighted by atomic mass is 32.2. The van der Waals surface area contributed by atoms with Crippen LogP contribution in [0.25, 0.3) is 0 Å². The van der Waals surface area contributed by atoms with E-state index in [4.69, 9.17) is 9.15 Å². The molecule has 1 aliphatic carbocycles. The summed E-state index contributed by atoms with van der Waals surface area (Å²) in [7, 11) is -6.17. The molecule has 2 aliphatic rings. The second kappa shape index (κ2) is 8.85. The zero-order valence-corrected chi connectivity index (χ0v) is 19.2. The number of nitrogens with zero attached hydrogens (tertiary/aromatic N) is 1. The van der Waals surface area contributed by atoms with E-state index < -0.39 is 26.0 Å². The average Bonchev–Trinajstić information content (AvgIpc) is 3.42. The van der Waals surface area contributed by atoms with Crippen LogP contribution in [-0.4, -0.2) is 53.3 Å². The zero-order valence-electron chi connectivity index (χ0n) is 17.5. The van der Waals surface area contributed by atoms with E-state index in [0.29, 0.717) is 13.1 Å². The maximum absolute atomic E-state index is 12.7. The molecule has 2 aromatic rings. The van der Waals surface area contributed by atoms with Gasteiger partial charge in [0.05, 0.1) is 17.7 Å². The Kier molecular flexibility index (Phi) is 6.30. The van der Waals surface area contributed by atoms with Gasteiger partial charge < -0.3 is 14.5 Å². The molecule has 0 spiro atoms. The number of hydrogen-bond donors (Lipinski definition) is 2. The van der Waals surface area contributed by atoms with Crippen molar-refractivity contribution in [3.05, 3.63) is 36.1 Å². The summed E-state index contributed by atoms with van der Waals surface area (Å²) >= 11 is 0. The van der Waals surface area contributed by atoms with Crippen molar-refractivity contribution in [1.82, 2.24) is 9.03 Å². The number of methoxy groups -OCH3 is 1. The summed E-state index contributed by atoms with van der Waals surface area (Å²) in [5.41, 5.74) is 0.119. The number of ether oxygens (including phenoxy) is 1. The normalized spacial score (nSPS) is 17.8. The van der Waals surface area contributed by atoms with Crippen molar-refractivity contribution < 1.29 is 30.8 Å². The van der Waals surface area contributed by atoms with Gasteiger partial charge in [0.1, 0.15) is 5.75 Å². The molecule has 4 rings (SSSR count). The SMILES string of the molecule is COc1ccc(S(=O)(=O)NC2CC2)cc1NC(=O)c1ccc(S(=O)(=O)N2CCCCC2)o1. The van der Waals surface area contributed by atoms with Crippen LogP contribution in [0.1, 0.15) is 42.7 Å². The molecule has 1 saturated carbocycles. The van der Waals surface area contributed by atoms with Gasteiger partial charge in [-0.25, -0.2) is 21.6 Å². The summed E-state index contributed by atoms with van der Waals surface area (Å²) in [5.74, 6) is -0.698. The van der Waals surface area contributed by atoms with Crippen LogP contribution >= 0.6 is 0 Å². The Balaban J connectivity index is 1.54. The molecule has 1 aromatic heterocycles. The Morgan fingerprint density at radius 3 is 2.44 bits per heavy atom. The molecule has 174 valence electrons. The number of piperidine rings is 1. The van der Waals surface area contributed by atoms with Gasteiger partial charge in [-0.3, -0.25) is 4.79 Å². The lowest BCUT2D eigenvalue weighted by Crippen LogP contribution is -2.35. The molecule has 1 aliphatic heterocycles. The first-order chi connectivity index (χ1) is 15.2. The molecule has 0 atom stereocenters. The number of furan rings is 1. The third-order valence-corrected chi connectivity index (χ3v) is 8.63. The number of rotatable bonds is 8. The first-order valence-electron chi connectivity index (χ1n) is 10.3. The van der Waals surface area contributed by atoms with Crippen LogP contribution in [-0.2, 0) is 20.0 Å². The van der Waals surface area contributed by atoms with Crippen molar-refractivity contribution in [2.45, 2.75) is 48.1 Å². The largest absolute Gasteiger partial charge is 0.495 e. The summed E-state index contributed by atoms with van der Waals surface area (Å²) in [6.07, 6.45) is 4.12. The predicted molar refractivity (Wildman–Crippen MR) is 116 cm³/mol. The number of amides is 1. The van der Waals surface area contributed by atoms with Crippen molar-refractivity contribution in [2.24, 2.45) is 0 Å². The fourth-order valence-corrected chi connectivity index (χ4v) is 6.20. The van der Waals surface area contributed by atoms with Crippen molar-refractivity contribution in [3.63, 3.8) is 0 Å². The van der Waals surface area contributed by atoms with Crippen LogP contribution in [0.5, 0.6) is 5.75 Å². The van der Waals surface area contributed by atoms with E-state index >= 15 is 0 Å². The molecule has 0 bridgehead atoms. The quantitative estimate of drug-likeness (QED) is 0.587. The minimum absolute atomic E-state index is 0.0201. The number of sulfonamides is 2. The average molecular weight is 484 g/mol. The van der Waals surface area contributed by atoms with E-state index in [2.05, 4.69) is 10.0 Å². The number of anilines is 1. The fraction of sp³-hybridized carbons (Fsp3) is 0.450. The summed E-state index contributed by atoms with van der Waals surface area (Å²) < 4.78 is 65.0. The molecular formula is C20H25N3O7S2. The van der Waals surface area contributed by atoms with Gasteiger partial charge in [0.25, 0.3) is 15.9 Å². The van der Waals surface area contributed by atoms with Crippen molar-refractivity contribution >= 4 is 31.6 Å². The van der Waals surface area contributed by atoms with Crippen LogP contribution in [0.4, 0.5) is 5.69 Å². The second-order valence-electron chi connectivity index (χ2n) is 7.80. The molecule has 10 nitrogen and oxygen atoms in total. The zero-order chi connectivity index (χ0) is 22.9. The van der Waals surface area contributed by atoms with Gasteiger partial charge in [-0.1, -0.05) is 6.42 Å². The Morgan fingerprint density at radius 1 is 1.06 bits per heavy atom. The summed E-state index contributed by atoms with van der Waals surface area (Å²) in [4.78, 5) is 12.7. The Hall–Kier alpha value is -2.41. The maximum Gasteiger partial charge on any atom is 0.291 e. The molecule has 12 heteroatoms. The highest BCUT2D eigenvalue weighted by molar-refractivity contribution is 7.89. The molecule has 0 unspecified atom stereocenters. The number of carbonyl (C=O) groups excluding carboxylic acids is 1. The number of nitrogens with one attached hydrogen (secondary N) is 2. The van der Waals surface area contributed by atoms with Crippen LogP contribution < -0.4 is 14.8 Å². The highest BCUT2D eigenvalue weighted by Gasteiger charge is 2.31. The lowest BCUT2D eigenvalue weighted by Gasteiger charge is -2.24. The standard InChI is InChI=1S/C20H25N3O7S2/c1-29-17-8-7-15(31(25,26)22-14-5-6-14)13-16(17)21-20(24)18-9-10-19(30-18)32(27,28)23-11-3-2-4-12-23/h7-10,13-14,22H,2-6,11-12H2,1H3,(H,21,24). The second-order valence-corrected chi connectivity index (χ2v) is 11.4. The van der Waals surface area contributed by atoms with Crippen LogP contribution in [0.2, 0.25) is 0 Å². The Morgan fingerprint density at radius 2 is 1.78 bits per heavy atom. The molecule has 2 N–H and O–H groups in total.